The Morgan fingerprint density at radius 3 is 2.50 bits per heavy atom. The standard InChI is InChI=1S/C11H13O6P/c1-7-2-3-10(12)9(4-7)8(5-11(13)14)6-18(15,16)17/h2-5,12H,6H2,1H3,(H,13,14)(H2,15,16,17)/b8-5-. The number of benzene rings is 1. The van der Waals surface area contributed by atoms with Gasteiger partial charge < -0.3 is 20.0 Å². The number of phenols is 1. The van der Waals surface area contributed by atoms with Gasteiger partial charge in [-0.2, -0.15) is 0 Å². The molecule has 0 saturated carbocycles. The molecule has 0 spiro atoms. The number of allylic oxidation sites excluding steroid dienone is 1. The Kier molecular flexibility index (Phi) is 4.29. The summed E-state index contributed by atoms with van der Waals surface area (Å²) in [6.07, 6.45) is -0.0517. The van der Waals surface area contributed by atoms with Crippen molar-refractivity contribution in [3.63, 3.8) is 0 Å². The molecular formula is C11H13O6P. The van der Waals surface area contributed by atoms with Crippen LogP contribution in [0.3, 0.4) is 0 Å². The smallest absolute Gasteiger partial charge is 0.329 e. The van der Waals surface area contributed by atoms with Gasteiger partial charge in [0.05, 0.1) is 6.16 Å². The number of carbonyl (C=O) groups is 1. The molecular weight excluding hydrogens is 259 g/mol. The van der Waals surface area contributed by atoms with Gasteiger partial charge >= 0.3 is 13.6 Å². The topological polar surface area (TPSA) is 115 Å². The molecule has 0 aromatic heterocycles. The third kappa shape index (κ3) is 4.33. The molecule has 0 saturated heterocycles. The zero-order chi connectivity index (χ0) is 13.9. The van der Waals surface area contributed by atoms with Gasteiger partial charge in [0.2, 0.25) is 0 Å². The molecule has 1 aromatic carbocycles. The van der Waals surface area contributed by atoms with Crippen molar-refractivity contribution in [2.24, 2.45) is 0 Å². The molecule has 0 fully saturated rings. The van der Waals surface area contributed by atoms with Gasteiger partial charge in [0.25, 0.3) is 0 Å². The molecule has 7 heteroatoms. The molecule has 0 aliphatic heterocycles. The van der Waals surface area contributed by atoms with Crippen LogP contribution in [0.2, 0.25) is 0 Å². The molecule has 6 nitrogen and oxygen atoms in total. The molecule has 0 radical (unpaired) electrons. The molecule has 0 atom stereocenters. The van der Waals surface area contributed by atoms with Crippen molar-refractivity contribution in [2.45, 2.75) is 6.92 Å². The van der Waals surface area contributed by atoms with E-state index in [-0.39, 0.29) is 16.9 Å². The fourth-order valence-electron chi connectivity index (χ4n) is 1.49. The second-order valence-corrected chi connectivity index (χ2v) is 5.50. The summed E-state index contributed by atoms with van der Waals surface area (Å²) in [5, 5.41) is 18.3. The van der Waals surface area contributed by atoms with Crippen molar-refractivity contribution in [3.8, 4) is 5.75 Å². The number of hydrogen-bond donors (Lipinski definition) is 4. The molecule has 18 heavy (non-hydrogen) atoms. The lowest BCUT2D eigenvalue weighted by atomic mass is 10.0. The molecule has 1 aromatic rings. The normalized spacial score (nSPS) is 12.5. The highest BCUT2D eigenvalue weighted by molar-refractivity contribution is 7.52. The van der Waals surface area contributed by atoms with Gasteiger partial charge in [-0.3, -0.25) is 4.57 Å². The minimum atomic E-state index is -4.42. The molecule has 0 unspecified atom stereocenters. The Balaban J connectivity index is 3.31. The van der Waals surface area contributed by atoms with Gasteiger partial charge in [-0.1, -0.05) is 11.6 Å². The Labute approximate surface area is 103 Å². The number of rotatable bonds is 4. The molecule has 4 N–H and O–H groups in total. The third-order valence-electron chi connectivity index (χ3n) is 2.17. The van der Waals surface area contributed by atoms with Crippen molar-refractivity contribution >= 4 is 19.1 Å². The second-order valence-electron chi connectivity index (χ2n) is 3.85. The second kappa shape index (κ2) is 5.35. The number of carboxylic acid groups (broad SMARTS) is 1. The van der Waals surface area contributed by atoms with Crippen LogP contribution in [0.25, 0.3) is 5.57 Å². The zero-order valence-electron chi connectivity index (χ0n) is 9.57. The highest BCUT2D eigenvalue weighted by atomic mass is 31.2. The maximum Gasteiger partial charge on any atom is 0.329 e. The Morgan fingerprint density at radius 2 is 2.00 bits per heavy atom. The van der Waals surface area contributed by atoms with Gasteiger partial charge in [-0.15, -0.1) is 0 Å². The van der Waals surface area contributed by atoms with E-state index in [0.29, 0.717) is 6.08 Å². The van der Waals surface area contributed by atoms with Crippen molar-refractivity contribution < 1.29 is 29.4 Å². The van der Waals surface area contributed by atoms with Gasteiger partial charge in [-0.25, -0.2) is 4.79 Å². The van der Waals surface area contributed by atoms with Crippen LogP contribution in [0.4, 0.5) is 0 Å². The number of phenolic OH excluding ortho intramolecular Hbond substituents is 1. The zero-order valence-corrected chi connectivity index (χ0v) is 10.5. The van der Waals surface area contributed by atoms with Crippen LogP contribution in [0, 0.1) is 6.92 Å². The summed E-state index contributed by atoms with van der Waals surface area (Å²) in [5.74, 6) is -1.55. The van der Waals surface area contributed by atoms with Gasteiger partial charge in [0.1, 0.15) is 5.75 Å². The summed E-state index contributed by atoms with van der Waals surface area (Å²) in [6, 6.07) is 4.43. The number of hydrogen-bond acceptors (Lipinski definition) is 3. The van der Waals surface area contributed by atoms with Crippen LogP contribution in [0.5, 0.6) is 5.75 Å². The lowest BCUT2D eigenvalue weighted by Gasteiger charge is -2.11. The quantitative estimate of drug-likeness (QED) is 0.485. The van der Waals surface area contributed by atoms with Gasteiger partial charge in [0.15, 0.2) is 0 Å². The summed E-state index contributed by atoms with van der Waals surface area (Å²) < 4.78 is 11.0. The highest BCUT2D eigenvalue weighted by Crippen LogP contribution is 2.41. The van der Waals surface area contributed by atoms with E-state index >= 15 is 0 Å². The minimum Gasteiger partial charge on any atom is -0.507 e. The third-order valence-corrected chi connectivity index (χ3v) is 2.92. The Morgan fingerprint density at radius 1 is 1.39 bits per heavy atom. The van der Waals surface area contributed by atoms with Crippen LogP contribution in [0.1, 0.15) is 11.1 Å². The van der Waals surface area contributed by atoms with E-state index in [0.717, 1.165) is 5.56 Å². The molecule has 0 amide bonds. The van der Waals surface area contributed by atoms with Crippen LogP contribution >= 0.6 is 7.60 Å². The monoisotopic (exact) mass is 272 g/mol. The van der Waals surface area contributed by atoms with E-state index in [2.05, 4.69) is 0 Å². The fraction of sp³-hybridized carbons (Fsp3) is 0.182. The molecule has 0 aliphatic carbocycles. The van der Waals surface area contributed by atoms with Gasteiger partial charge in [0, 0.05) is 11.6 Å². The van der Waals surface area contributed by atoms with Crippen molar-refractivity contribution in [1.29, 1.82) is 0 Å². The van der Waals surface area contributed by atoms with Crippen LogP contribution < -0.4 is 0 Å². The molecule has 0 aliphatic rings. The van der Waals surface area contributed by atoms with Crippen molar-refractivity contribution in [1.82, 2.24) is 0 Å². The lowest BCUT2D eigenvalue weighted by Crippen LogP contribution is -1.99. The first kappa shape index (κ1) is 14.4. The summed E-state index contributed by atoms with van der Waals surface area (Å²) in [4.78, 5) is 28.5. The predicted octanol–water partition coefficient (Wildman–Crippen LogP) is 1.35. The molecule has 0 bridgehead atoms. The lowest BCUT2D eigenvalue weighted by molar-refractivity contribution is -0.131. The summed E-state index contributed by atoms with van der Waals surface area (Å²) >= 11 is 0. The summed E-state index contributed by atoms with van der Waals surface area (Å²) in [7, 11) is -4.42. The van der Waals surface area contributed by atoms with Crippen LogP contribution in [-0.4, -0.2) is 32.1 Å². The summed E-state index contributed by atoms with van der Waals surface area (Å²) in [6.45, 7) is 1.72. The SMILES string of the molecule is Cc1ccc(O)c(/C(=C\C(=O)O)CP(=O)(O)O)c1. The van der Waals surface area contributed by atoms with Crippen LogP contribution in [-0.2, 0) is 9.36 Å². The van der Waals surface area contributed by atoms with E-state index in [1.807, 2.05) is 0 Å². The van der Waals surface area contributed by atoms with Gasteiger partial charge in [-0.05, 0) is 24.6 Å². The van der Waals surface area contributed by atoms with Crippen molar-refractivity contribution in [2.75, 3.05) is 6.16 Å². The first-order valence-corrected chi connectivity index (χ1v) is 6.77. The van der Waals surface area contributed by atoms with Crippen LogP contribution in [0.15, 0.2) is 24.3 Å². The number of aliphatic carboxylic acids is 1. The maximum atomic E-state index is 11.0. The Hall–Kier alpha value is -1.62. The summed E-state index contributed by atoms with van der Waals surface area (Å²) in [5.41, 5.74) is 0.738. The minimum absolute atomic E-state index is 0.112. The largest absolute Gasteiger partial charge is 0.507 e. The molecule has 1 rings (SSSR count). The van der Waals surface area contributed by atoms with E-state index in [1.165, 1.54) is 12.1 Å². The predicted molar refractivity (Wildman–Crippen MR) is 65.4 cm³/mol. The Bertz CT molecular complexity index is 542. The highest BCUT2D eigenvalue weighted by Gasteiger charge is 2.20. The average Bonchev–Trinajstić information content (AvgIpc) is 2.18. The fourth-order valence-corrected chi connectivity index (χ4v) is 2.19. The number of carboxylic acids is 1. The molecule has 98 valence electrons. The first-order chi connectivity index (χ1) is 8.19. The number of aromatic hydroxyl groups is 1. The van der Waals surface area contributed by atoms with E-state index in [9.17, 15) is 14.5 Å². The van der Waals surface area contributed by atoms with Crippen molar-refractivity contribution in [3.05, 3.63) is 35.4 Å². The van der Waals surface area contributed by atoms with E-state index in [4.69, 9.17) is 14.9 Å². The first-order valence-electron chi connectivity index (χ1n) is 4.97. The molecule has 0 heterocycles. The average molecular weight is 272 g/mol. The van der Waals surface area contributed by atoms with E-state index < -0.39 is 19.7 Å². The maximum absolute atomic E-state index is 11.0. The number of aryl methyl sites for hydroxylation is 1. The van der Waals surface area contributed by atoms with E-state index in [1.54, 1.807) is 13.0 Å².